The van der Waals surface area contributed by atoms with Gasteiger partial charge in [-0.1, -0.05) is 13.0 Å². The van der Waals surface area contributed by atoms with E-state index >= 15 is 0 Å². The number of hydrogen-bond donors (Lipinski definition) is 1. The molecule has 1 aromatic carbocycles. The van der Waals surface area contributed by atoms with Crippen LogP contribution in [0.1, 0.15) is 43.7 Å². The number of hydrogen-bond acceptors (Lipinski definition) is 3. The molecule has 2 amide bonds. The highest BCUT2D eigenvalue weighted by Crippen LogP contribution is 2.28. The van der Waals surface area contributed by atoms with E-state index in [0.29, 0.717) is 6.04 Å². The lowest BCUT2D eigenvalue weighted by Gasteiger charge is -2.39. The Balaban J connectivity index is 1.49. The van der Waals surface area contributed by atoms with Crippen LogP contribution in [0.5, 0.6) is 0 Å². The summed E-state index contributed by atoms with van der Waals surface area (Å²) in [4.78, 5) is 17.3. The van der Waals surface area contributed by atoms with Crippen LogP contribution >= 0.6 is 11.8 Å². The summed E-state index contributed by atoms with van der Waals surface area (Å²) in [6.45, 7) is 9.40. The Morgan fingerprint density at radius 1 is 1.15 bits per heavy atom. The molecule has 2 heterocycles. The van der Waals surface area contributed by atoms with E-state index < -0.39 is 0 Å². The Morgan fingerprint density at radius 2 is 1.92 bits per heavy atom. The molecule has 0 spiro atoms. The highest BCUT2D eigenvalue weighted by atomic mass is 32.2. The zero-order valence-electron chi connectivity index (χ0n) is 16.5. The van der Waals surface area contributed by atoms with E-state index in [-0.39, 0.29) is 6.03 Å². The van der Waals surface area contributed by atoms with E-state index in [2.05, 4.69) is 54.9 Å². The molecule has 2 aliphatic heterocycles. The maximum Gasteiger partial charge on any atom is 0.321 e. The van der Waals surface area contributed by atoms with Gasteiger partial charge in [0.2, 0.25) is 0 Å². The van der Waals surface area contributed by atoms with E-state index in [0.717, 1.165) is 37.7 Å². The molecule has 0 saturated carbocycles. The Hall–Kier alpha value is -1.20. The van der Waals surface area contributed by atoms with Gasteiger partial charge in [0.1, 0.15) is 0 Å². The second kappa shape index (κ2) is 9.14. The first kappa shape index (κ1) is 19.6. The summed E-state index contributed by atoms with van der Waals surface area (Å²) in [5, 5.41) is 3.07. The molecule has 0 bridgehead atoms. The molecule has 144 valence electrons. The second-order valence-electron chi connectivity index (χ2n) is 7.64. The van der Waals surface area contributed by atoms with Crippen molar-refractivity contribution >= 4 is 23.5 Å². The number of nitrogens with one attached hydrogen (secondary N) is 1. The van der Waals surface area contributed by atoms with Crippen molar-refractivity contribution in [3.63, 3.8) is 0 Å². The quantitative estimate of drug-likeness (QED) is 0.822. The summed E-state index contributed by atoms with van der Waals surface area (Å²) in [5.74, 6) is 2.48. The maximum absolute atomic E-state index is 12.6. The number of aryl methyl sites for hydroxylation is 2. The van der Waals surface area contributed by atoms with Gasteiger partial charge in [-0.05, 0) is 75.1 Å². The van der Waals surface area contributed by atoms with Crippen LogP contribution in [-0.2, 0) is 0 Å². The third-order valence-electron chi connectivity index (χ3n) is 5.92. The summed E-state index contributed by atoms with van der Waals surface area (Å²) in [6.07, 6.45) is 4.89. The Bertz CT molecular complexity index is 613. The van der Waals surface area contributed by atoms with Crippen molar-refractivity contribution in [2.75, 3.05) is 36.5 Å². The molecule has 0 aliphatic carbocycles. The second-order valence-corrected chi connectivity index (χ2v) is 8.96. The predicted octanol–water partition coefficient (Wildman–Crippen LogP) is 4.52. The zero-order chi connectivity index (χ0) is 18.5. The van der Waals surface area contributed by atoms with Gasteiger partial charge in [-0.3, -0.25) is 4.90 Å². The fraction of sp³-hybridized carbons (Fsp3) is 0.667. The minimum Gasteiger partial charge on any atom is -0.324 e. The zero-order valence-corrected chi connectivity index (χ0v) is 17.3. The van der Waals surface area contributed by atoms with Crippen LogP contribution in [-0.4, -0.2) is 59.1 Å². The molecule has 2 aliphatic rings. The lowest BCUT2D eigenvalue weighted by molar-refractivity contribution is 0.118. The molecule has 4 nitrogen and oxygen atoms in total. The average Bonchev–Trinajstić information content (AvgIpc) is 3.11. The summed E-state index contributed by atoms with van der Waals surface area (Å²) in [6, 6.07) is 7.57. The molecule has 2 saturated heterocycles. The Morgan fingerprint density at radius 3 is 2.62 bits per heavy atom. The number of rotatable bonds is 5. The molecule has 1 atom stereocenters. The molecular formula is C21H33N3OS. The molecule has 26 heavy (non-hydrogen) atoms. The first-order chi connectivity index (χ1) is 12.6. The van der Waals surface area contributed by atoms with Crippen LogP contribution in [0, 0.1) is 13.8 Å². The molecular weight excluding hydrogens is 342 g/mol. The van der Waals surface area contributed by atoms with E-state index in [4.69, 9.17) is 0 Å². The van der Waals surface area contributed by atoms with Gasteiger partial charge in [-0.2, -0.15) is 11.8 Å². The molecule has 0 aromatic heterocycles. The van der Waals surface area contributed by atoms with Gasteiger partial charge in [0, 0.05) is 36.6 Å². The van der Waals surface area contributed by atoms with Crippen molar-refractivity contribution in [3.8, 4) is 0 Å². The van der Waals surface area contributed by atoms with E-state index in [9.17, 15) is 4.79 Å². The number of nitrogens with zero attached hydrogens (tertiary/aromatic N) is 2. The molecule has 2 fully saturated rings. The van der Waals surface area contributed by atoms with Gasteiger partial charge in [0.25, 0.3) is 0 Å². The number of urea groups is 1. The standard InChI is InChI=1S/C21H33N3OS/c1-4-26-15-20-6-5-11-24(20)19-9-12-23(13-10-19)21(25)22-18-8-7-16(2)17(3)14-18/h7-8,14,19-20H,4-6,9-13,15H2,1-3H3,(H,22,25). The van der Waals surface area contributed by atoms with Crippen molar-refractivity contribution in [2.24, 2.45) is 0 Å². The summed E-state index contributed by atoms with van der Waals surface area (Å²) in [5.41, 5.74) is 3.37. The van der Waals surface area contributed by atoms with E-state index in [1.54, 1.807) is 0 Å². The summed E-state index contributed by atoms with van der Waals surface area (Å²) >= 11 is 2.07. The normalized spacial score (nSPS) is 22.0. The first-order valence-electron chi connectivity index (χ1n) is 10.0. The minimum atomic E-state index is 0.0474. The Kier molecular flexibility index (Phi) is 6.87. The highest BCUT2D eigenvalue weighted by Gasteiger charge is 2.33. The van der Waals surface area contributed by atoms with Crippen molar-refractivity contribution in [3.05, 3.63) is 29.3 Å². The van der Waals surface area contributed by atoms with Crippen LogP contribution in [0.4, 0.5) is 10.5 Å². The van der Waals surface area contributed by atoms with Crippen molar-refractivity contribution in [2.45, 2.75) is 58.5 Å². The fourth-order valence-electron chi connectivity index (χ4n) is 4.19. The van der Waals surface area contributed by atoms with Gasteiger partial charge in [-0.25, -0.2) is 4.79 Å². The molecule has 3 rings (SSSR count). The van der Waals surface area contributed by atoms with Crippen LogP contribution in [0.25, 0.3) is 0 Å². The van der Waals surface area contributed by atoms with Gasteiger partial charge in [0.05, 0.1) is 0 Å². The largest absolute Gasteiger partial charge is 0.324 e. The summed E-state index contributed by atoms with van der Waals surface area (Å²) in [7, 11) is 0. The maximum atomic E-state index is 12.6. The van der Waals surface area contributed by atoms with Gasteiger partial charge < -0.3 is 10.2 Å². The van der Waals surface area contributed by atoms with Crippen molar-refractivity contribution in [1.29, 1.82) is 0 Å². The molecule has 5 heteroatoms. The number of carbonyl (C=O) groups excluding carboxylic acids is 1. The number of likely N-dealkylation sites (tertiary alicyclic amines) is 2. The SMILES string of the molecule is CCSCC1CCCN1C1CCN(C(=O)Nc2ccc(C)c(C)c2)CC1. The molecule has 1 unspecified atom stereocenters. The fourth-order valence-corrected chi connectivity index (χ4v) is 5.06. The van der Waals surface area contributed by atoms with Crippen LogP contribution in [0.15, 0.2) is 18.2 Å². The molecule has 1 N–H and O–H groups in total. The van der Waals surface area contributed by atoms with E-state index in [1.807, 2.05) is 11.0 Å². The number of piperidine rings is 1. The first-order valence-corrected chi connectivity index (χ1v) is 11.2. The lowest BCUT2D eigenvalue weighted by Crippen LogP contribution is -2.49. The Labute approximate surface area is 162 Å². The topological polar surface area (TPSA) is 35.6 Å². The van der Waals surface area contributed by atoms with Gasteiger partial charge in [-0.15, -0.1) is 0 Å². The van der Waals surface area contributed by atoms with Gasteiger partial charge >= 0.3 is 6.03 Å². The monoisotopic (exact) mass is 375 g/mol. The third kappa shape index (κ3) is 4.74. The number of anilines is 1. The van der Waals surface area contributed by atoms with E-state index in [1.165, 1.54) is 42.0 Å². The number of thioether (sulfide) groups is 1. The smallest absolute Gasteiger partial charge is 0.321 e. The minimum absolute atomic E-state index is 0.0474. The highest BCUT2D eigenvalue weighted by molar-refractivity contribution is 7.99. The number of carbonyl (C=O) groups is 1. The van der Waals surface area contributed by atoms with Crippen LogP contribution in [0.3, 0.4) is 0 Å². The summed E-state index contributed by atoms with van der Waals surface area (Å²) < 4.78 is 0. The molecule has 0 radical (unpaired) electrons. The molecule has 1 aromatic rings. The van der Waals surface area contributed by atoms with Gasteiger partial charge in [0.15, 0.2) is 0 Å². The van der Waals surface area contributed by atoms with Crippen LogP contribution < -0.4 is 5.32 Å². The lowest BCUT2D eigenvalue weighted by atomic mass is 10.0. The van der Waals surface area contributed by atoms with Crippen molar-refractivity contribution in [1.82, 2.24) is 9.80 Å². The predicted molar refractivity (Wildman–Crippen MR) is 112 cm³/mol. The number of benzene rings is 1. The average molecular weight is 376 g/mol. The van der Waals surface area contributed by atoms with Crippen molar-refractivity contribution < 1.29 is 4.79 Å². The van der Waals surface area contributed by atoms with Crippen LogP contribution in [0.2, 0.25) is 0 Å². The number of amides is 2. The third-order valence-corrected chi connectivity index (χ3v) is 6.94.